The van der Waals surface area contributed by atoms with Crippen LogP contribution >= 0.6 is 15.9 Å². The standard InChI is InChI=1S/C8H11BrN2/c1-11-5-7(9)8(10-11)4-6-2-3-6/h5-6H,2-4H2,1H3. The smallest absolute Gasteiger partial charge is 0.0769 e. The third kappa shape index (κ3) is 1.64. The normalized spacial score (nSPS) is 17.3. The second-order valence-electron chi connectivity index (χ2n) is 3.24. The van der Waals surface area contributed by atoms with E-state index in [4.69, 9.17) is 0 Å². The molecule has 2 rings (SSSR count). The molecule has 1 aliphatic carbocycles. The van der Waals surface area contributed by atoms with Crippen molar-refractivity contribution < 1.29 is 0 Å². The van der Waals surface area contributed by atoms with Gasteiger partial charge in [0.2, 0.25) is 0 Å². The molecule has 0 amide bonds. The minimum absolute atomic E-state index is 0.918. The van der Waals surface area contributed by atoms with Crippen LogP contribution in [0.25, 0.3) is 0 Å². The van der Waals surface area contributed by atoms with Crippen molar-refractivity contribution >= 4 is 15.9 Å². The lowest BCUT2D eigenvalue weighted by atomic mass is 10.2. The summed E-state index contributed by atoms with van der Waals surface area (Å²) in [5, 5.41) is 4.36. The predicted octanol–water partition coefficient (Wildman–Crippen LogP) is 2.14. The van der Waals surface area contributed by atoms with Crippen molar-refractivity contribution in [3.05, 3.63) is 16.4 Å². The summed E-state index contributed by atoms with van der Waals surface area (Å²) in [5.41, 5.74) is 1.22. The average molecular weight is 215 g/mol. The quantitative estimate of drug-likeness (QED) is 0.738. The van der Waals surface area contributed by atoms with Crippen molar-refractivity contribution in [3.63, 3.8) is 0 Å². The maximum Gasteiger partial charge on any atom is 0.0769 e. The first-order valence-corrected chi connectivity index (χ1v) is 4.73. The molecule has 0 aliphatic heterocycles. The molecule has 1 fully saturated rings. The highest BCUT2D eigenvalue weighted by Gasteiger charge is 2.23. The number of aryl methyl sites for hydroxylation is 1. The van der Waals surface area contributed by atoms with Crippen LogP contribution in [0.1, 0.15) is 18.5 Å². The Bertz CT molecular complexity index is 263. The zero-order chi connectivity index (χ0) is 7.84. The molecule has 1 aromatic rings. The first-order valence-electron chi connectivity index (χ1n) is 3.93. The van der Waals surface area contributed by atoms with Gasteiger partial charge in [-0.15, -0.1) is 0 Å². The van der Waals surface area contributed by atoms with Crippen LogP contribution in [-0.4, -0.2) is 9.78 Å². The van der Waals surface area contributed by atoms with E-state index in [1.165, 1.54) is 18.5 Å². The maximum atomic E-state index is 4.36. The third-order valence-corrected chi connectivity index (χ3v) is 2.70. The molecule has 1 aliphatic rings. The van der Waals surface area contributed by atoms with Gasteiger partial charge in [0.1, 0.15) is 0 Å². The van der Waals surface area contributed by atoms with Crippen LogP contribution in [-0.2, 0) is 13.5 Å². The van der Waals surface area contributed by atoms with Crippen LogP contribution in [0, 0.1) is 5.92 Å². The molecular formula is C8H11BrN2. The van der Waals surface area contributed by atoms with E-state index in [-0.39, 0.29) is 0 Å². The van der Waals surface area contributed by atoms with Gasteiger partial charge in [0.05, 0.1) is 10.2 Å². The van der Waals surface area contributed by atoms with E-state index in [9.17, 15) is 0 Å². The summed E-state index contributed by atoms with van der Waals surface area (Å²) in [6.07, 6.45) is 5.95. The van der Waals surface area contributed by atoms with Crippen molar-refractivity contribution in [1.82, 2.24) is 9.78 Å². The Hall–Kier alpha value is -0.310. The lowest BCUT2D eigenvalue weighted by Gasteiger charge is -1.91. The van der Waals surface area contributed by atoms with E-state index in [0.717, 1.165) is 16.8 Å². The highest BCUT2D eigenvalue weighted by atomic mass is 79.9. The number of aromatic nitrogens is 2. The molecule has 0 radical (unpaired) electrons. The molecule has 1 aromatic heterocycles. The molecule has 3 heteroatoms. The van der Waals surface area contributed by atoms with Crippen molar-refractivity contribution in [2.24, 2.45) is 13.0 Å². The number of rotatable bonds is 2. The molecule has 0 bridgehead atoms. The Kier molecular flexibility index (Phi) is 1.75. The van der Waals surface area contributed by atoms with Gasteiger partial charge in [-0.25, -0.2) is 0 Å². The van der Waals surface area contributed by atoms with E-state index < -0.39 is 0 Å². The highest BCUT2D eigenvalue weighted by Crippen LogP contribution is 2.33. The fourth-order valence-corrected chi connectivity index (χ4v) is 1.78. The third-order valence-electron chi connectivity index (χ3n) is 2.03. The number of nitrogens with zero attached hydrogens (tertiary/aromatic N) is 2. The zero-order valence-corrected chi connectivity index (χ0v) is 8.13. The van der Waals surface area contributed by atoms with Crippen LogP contribution in [0.4, 0.5) is 0 Å². The monoisotopic (exact) mass is 214 g/mol. The summed E-state index contributed by atoms with van der Waals surface area (Å²) < 4.78 is 3.02. The summed E-state index contributed by atoms with van der Waals surface area (Å²) in [4.78, 5) is 0. The minimum atomic E-state index is 0.918. The van der Waals surface area contributed by atoms with Crippen molar-refractivity contribution in [2.75, 3.05) is 0 Å². The lowest BCUT2D eigenvalue weighted by molar-refractivity contribution is 0.716. The zero-order valence-electron chi connectivity index (χ0n) is 6.55. The summed E-state index contributed by atoms with van der Waals surface area (Å²) in [5.74, 6) is 0.918. The first-order chi connectivity index (χ1) is 5.25. The summed E-state index contributed by atoms with van der Waals surface area (Å²) >= 11 is 3.49. The van der Waals surface area contributed by atoms with Gasteiger partial charge < -0.3 is 0 Å². The van der Waals surface area contributed by atoms with Crippen molar-refractivity contribution in [1.29, 1.82) is 0 Å². The predicted molar refractivity (Wildman–Crippen MR) is 47.3 cm³/mol. The lowest BCUT2D eigenvalue weighted by Crippen LogP contribution is -1.92. The Labute approximate surface area is 74.7 Å². The van der Waals surface area contributed by atoms with Crippen LogP contribution < -0.4 is 0 Å². The van der Waals surface area contributed by atoms with Gasteiger partial charge in [-0.2, -0.15) is 5.10 Å². The van der Waals surface area contributed by atoms with E-state index in [2.05, 4.69) is 21.0 Å². The molecule has 0 atom stereocenters. The molecular weight excluding hydrogens is 204 g/mol. The fraction of sp³-hybridized carbons (Fsp3) is 0.625. The van der Waals surface area contributed by atoms with E-state index in [1.807, 2.05) is 17.9 Å². The Morgan fingerprint density at radius 2 is 2.45 bits per heavy atom. The largest absolute Gasteiger partial charge is 0.274 e. The molecule has 60 valence electrons. The van der Waals surface area contributed by atoms with E-state index in [0.29, 0.717) is 0 Å². The van der Waals surface area contributed by atoms with Gasteiger partial charge in [-0.3, -0.25) is 4.68 Å². The van der Waals surface area contributed by atoms with Gasteiger partial charge in [0.15, 0.2) is 0 Å². The second kappa shape index (κ2) is 2.63. The fourth-order valence-electron chi connectivity index (χ4n) is 1.24. The molecule has 0 aromatic carbocycles. The summed E-state index contributed by atoms with van der Waals surface area (Å²) in [6.45, 7) is 0. The van der Waals surface area contributed by atoms with Crippen LogP contribution in [0.2, 0.25) is 0 Å². The van der Waals surface area contributed by atoms with Gasteiger partial charge in [-0.05, 0) is 41.1 Å². The SMILES string of the molecule is Cn1cc(Br)c(CC2CC2)n1. The molecule has 11 heavy (non-hydrogen) atoms. The van der Waals surface area contributed by atoms with Gasteiger partial charge >= 0.3 is 0 Å². The molecule has 2 nitrogen and oxygen atoms in total. The van der Waals surface area contributed by atoms with Gasteiger partial charge in [-0.1, -0.05) is 0 Å². The molecule has 0 spiro atoms. The summed E-state index contributed by atoms with van der Waals surface area (Å²) in [6, 6.07) is 0. The second-order valence-corrected chi connectivity index (χ2v) is 4.10. The van der Waals surface area contributed by atoms with Crippen LogP contribution in [0.3, 0.4) is 0 Å². The molecule has 1 heterocycles. The maximum absolute atomic E-state index is 4.36. The molecule has 0 saturated heterocycles. The van der Waals surface area contributed by atoms with E-state index >= 15 is 0 Å². The molecule has 0 unspecified atom stereocenters. The van der Waals surface area contributed by atoms with Crippen molar-refractivity contribution in [2.45, 2.75) is 19.3 Å². The minimum Gasteiger partial charge on any atom is -0.274 e. The Morgan fingerprint density at radius 3 is 2.91 bits per heavy atom. The van der Waals surface area contributed by atoms with Gasteiger partial charge in [0, 0.05) is 13.2 Å². The number of halogens is 1. The first kappa shape index (κ1) is 7.35. The number of hydrogen-bond acceptors (Lipinski definition) is 1. The summed E-state index contributed by atoms with van der Waals surface area (Å²) in [7, 11) is 1.96. The highest BCUT2D eigenvalue weighted by molar-refractivity contribution is 9.10. The van der Waals surface area contributed by atoms with E-state index in [1.54, 1.807) is 0 Å². The topological polar surface area (TPSA) is 17.8 Å². The molecule has 1 saturated carbocycles. The van der Waals surface area contributed by atoms with Gasteiger partial charge in [0.25, 0.3) is 0 Å². The average Bonchev–Trinajstić information content (AvgIpc) is 2.64. The Balaban J connectivity index is 2.14. The number of hydrogen-bond donors (Lipinski definition) is 0. The Morgan fingerprint density at radius 1 is 1.73 bits per heavy atom. The van der Waals surface area contributed by atoms with Crippen LogP contribution in [0.15, 0.2) is 10.7 Å². The van der Waals surface area contributed by atoms with Crippen molar-refractivity contribution in [3.8, 4) is 0 Å². The molecule has 0 N–H and O–H groups in total. The van der Waals surface area contributed by atoms with Crippen LogP contribution in [0.5, 0.6) is 0 Å².